The average Bonchev–Trinajstić information content (AvgIpc) is 2.36. The second kappa shape index (κ2) is 5.85. The van der Waals surface area contributed by atoms with E-state index in [9.17, 15) is 4.39 Å². The molecule has 2 aromatic rings. The topological polar surface area (TPSA) is 9.23 Å². The summed E-state index contributed by atoms with van der Waals surface area (Å²) in [5.74, 6) is 0.548. The van der Waals surface area contributed by atoms with Gasteiger partial charge in [-0.25, -0.2) is 4.39 Å². The van der Waals surface area contributed by atoms with E-state index in [-0.39, 0.29) is 11.6 Å². The van der Waals surface area contributed by atoms with Crippen molar-refractivity contribution < 1.29 is 9.13 Å². The molecule has 0 aliphatic heterocycles. The Balaban J connectivity index is 2.36. The van der Waals surface area contributed by atoms with E-state index in [4.69, 9.17) is 4.74 Å². The molecule has 0 saturated carbocycles. The van der Waals surface area contributed by atoms with Crippen molar-refractivity contribution >= 4 is 31.9 Å². The van der Waals surface area contributed by atoms with Crippen molar-refractivity contribution in [3.05, 3.63) is 57.8 Å². The number of halogens is 3. The van der Waals surface area contributed by atoms with Gasteiger partial charge in [0.1, 0.15) is 5.75 Å². The largest absolute Gasteiger partial charge is 0.454 e. The maximum absolute atomic E-state index is 13.7. The van der Waals surface area contributed by atoms with Crippen LogP contribution in [-0.4, -0.2) is 0 Å². The van der Waals surface area contributed by atoms with Crippen LogP contribution in [0.1, 0.15) is 11.1 Å². The fourth-order valence-corrected chi connectivity index (χ4v) is 2.26. The first kappa shape index (κ1) is 13.6. The van der Waals surface area contributed by atoms with Crippen molar-refractivity contribution in [2.75, 3.05) is 0 Å². The van der Waals surface area contributed by atoms with Crippen LogP contribution in [0.2, 0.25) is 0 Å². The first-order valence-electron chi connectivity index (χ1n) is 5.39. The minimum atomic E-state index is -0.354. The molecule has 0 amide bonds. The average molecular weight is 374 g/mol. The summed E-state index contributed by atoms with van der Waals surface area (Å²) < 4.78 is 20.4. The van der Waals surface area contributed by atoms with Gasteiger partial charge in [0.15, 0.2) is 11.6 Å². The van der Waals surface area contributed by atoms with Gasteiger partial charge in [0, 0.05) is 15.4 Å². The third-order valence-corrected chi connectivity index (χ3v) is 4.04. The van der Waals surface area contributed by atoms with Crippen molar-refractivity contribution in [1.82, 2.24) is 0 Å². The van der Waals surface area contributed by atoms with Gasteiger partial charge >= 0.3 is 0 Å². The van der Waals surface area contributed by atoms with Gasteiger partial charge in [-0.05, 0) is 36.8 Å². The lowest BCUT2D eigenvalue weighted by Crippen LogP contribution is -1.93. The van der Waals surface area contributed by atoms with E-state index >= 15 is 0 Å². The molecular formula is C14H11Br2FO. The molecule has 0 aliphatic rings. The molecule has 1 nitrogen and oxygen atoms in total. The molecule has 0 aliphatic carbocycles. The number of hydrogen-bond donors (Lipinski definition) is 0. The highest BCUT2D eigenvalue weighted by Gasteiger charge is 2.10. The Morgan fingerprint density at radius 3 is 2.67 bits per heavy atom. The van der Waals surface area contributed by atoms with E-state index in [0.717, 1.165) is 15.6 Å². The molecule has 4 heteroatoms. The predicted octanol–water partition coefficient (Wildman–Crippen LogP) is 5.58. The highest BCUT2D eigenvalue weighted by Crippen LogP contribution is 2.31. The Hall–Kier alpha value is -0.870. The summed E-state index contributed by atoms with van der Waals surface area (Å²) in [4.78, 5) is 0. The van der Waals surface area contributed by atoms with Crippen molar-refractivity contribution in [2.45, 2.75) is 12.3 Å². The van der Waals surface area contributed by atoms with Crippen LogP contribution in [0.25, 0.3) is 0 Å². The minimum absolute atomic E-state index is 0.274. The van der Waals surface area contributed by atoms with Gasteiger partial charge in [0.2, 0.25) is 0 Å². The molecule has 0 radical (unpaired) electrons. The van der Waals surface area contributed by atoms with E-state index < -0.39 is 0 Å². The van der Waals surface area contributed by atoms with Crippen molar-refractivity contribution in [3.8, 4) is 11.5 Å². The molecule has 0 spiro atoms. The lowest BCUT2D eigenvalue weighted by atomic mass is 10.2. The molecule has 0 saturated heterocycles. The van der Waals surface area contributed by atoms with Gasteiger partial charge in [-0.1, -0.05) is 44.0 Å². The first-order chi connectivity index (χ1) is 8.61. The summed E-state index contributed by atoms with van der Waals surface area (Å²) in [7, 11) is 0. The van der Waals surface area contributed by atoms with Gasteiger partial charge in [-0.2, -0.15) is 0 Å². The normalized spacial score (nSPS) is 10.4. The standard InChI is InChI=1S/C14H11Br2FO/c1-9-7-11(5-6-12(9)16)18-14-10(8-15)3-2-4-13(14)17/h2-7H,8H2,1H3. The predicted molar refractivity (Wildman–Crippen MR) is 78.0 cm³/mol. The zero-order chi connectivity index (χ0) is 13.1. The van der Waals surface area contributed by atoms with Gasteiger partial charge < -0.3 is 4.74 Å². The van der Waals surface area contributed by atoms with Gasteiger partial charge in [0.25, 0.3) is 0 Å². The van der Waals surface area contributed by atoms with Crippen LogP contribution >= 0.6 is 31.9 Å². The lowest BCUT2D eigenvalue weighted by molar-refractivity contribution is 0.438. The van der Waals surface area contributed by atoms with E-state index in [2.05, 4.69) is 31.9 Å². The van der Waals surface area contributed by atoms with Crippen molar-refractivity contribution in [2.24, 2.45) is 0 Å². The molecule has 0 heterocycles. The number of aryl methyl sites for hydroxylation is 1. The molecule has 18 heavy (non-hydrogen) atoms. The van der Waals surface area contributed by atoms with Crippen LogP contribution < -0.4 is 4.74 Å². The Morgan fingerprint density at radius 1 is 1.22 bits per heavy atom. The van der Waals surface area contributed by atoms with Crippen LogP contribution in [0, 0.1) is 12.7 Å². The third kappa shape index (κ3) is 2.93. The Morgan fingerprint density at radius 2 is 2.00 bits per heavy atom. The summed E-state index contributed by atoms with van der Waals surface area (Å²) >= 11 is 6.75. The molecular weight excluding hydrogens is 363 g/mol. The van der Waals surface area contributed by atoms with Gasteiger partial charge in [0.05, 0.1) is 0 Å². The van der Waals surface area contributed by atoms with Crippen LogP contribution in [-0.2, 0) is 5.33 Å². The zero-order valence-corrected chi connectivity index (χ0v) is 12.9. The molecule has 2 rings (SSSR count). The highest BCUT2D eigenvalue weighted by molar-refractivity contribution is 9.10. The second-order valence-corrected chi connectivity index (χ2v) is 5.29. The minimum Gasteiger partial charge on any atom is -0.454 e. The lowest BCUT2D eigenvalue weighted by Gasteiger charge is -2.11. The molecule has 0 N–H and O–H groups in total. The summed E-state index contributed by atoms with van der Waals surface area (Å²) in [5, 5.41) is 0.551. The van der Waals surface area contributed by atoms with Crippen LogP contribution in [0.15, 0.2) is 40.9 Å². The molecule has 94 valence electrons. The summed E-state index contributed by atoms with van der Waals surface area (Å²) in [5.41, 5.74) is 1.83. The fourth-order valence-electron chi connectivity index (χ4n) is 1.57. The number of alkyl halides is 1. The smallest absolute Gasteiger partial charge is 0.167 e. The van der Waals surface area contributed by atoms with Crippen LogP contribution in [0.3, 0.4) is 0 Å². The van der Waals surface area contributed by atoms with E-state index in [0.29, 0.717) is 11.1 Å². The molecule has 0 aromatic heterocycles. The maximum atomic E-state index is 13.7. The van der Waals surface area contributed by atoms with E-state index in [1.165, 1.54) is 6.07 Å². The number of benzene rings is 2. The second-order valence-electron chi connectivity index (χ2n) is 3.87. The quantitative estimate of drug-likeness (QED) is 0.637. The van der Waals surface area contributed by atoms with Crippen molar-refractivity contribution in [1.29, 1.82) is 0 Å². The van der Waals surface area contributed by atoms with E-state index in [1.807, 2.05) is 31.2 Å². The fraction of sp³-hybridized carbons (Fsp3) is 0.143. The third-order valence-electron chi connectivity index (χ3n) is 2.54. The Labute approximate surface area is 122 Å². The Kier molecular flexibility index (Phi) is 4.40. The number of hydrogen-bond acceptors (Lipinski definition) is 1. The summed E-state index contributed by atoms with van der Waals surface area (Å²) in [6.07, 6.45) is 0. The van der Waals surface area contributed by atoms with Crippen LogP contribution in [0.5, 0.6) is 11.5 Å². The molecule has 2 aromatic carbocycles. The van der Waals surface area contributed by atoms with Gasteiger partial charge in [-0.15, -0.1) is 0 Å². The SMILES string of the molecule is Cc1cc(Oc2c(F)cccc2CBr)ccc1Br. The maximum Gasteiger partial charge on any atom is 0.167 e. The van der Waals surface area contributed by atoms with Crippen molar-refractivity contribution in [3.63, 3.8) is 0 Å². The highest BCUT2D eigenvalue weighted by atomic mass is 79.9. The Bertz CT molecular complexity index is 570. The molecule has 0 bridgehead atoms. The molecule has 0 fully saturated rings. The molecule has 0 atom stereocenters. The summed E-state index contributed by atoms with van der Waals surface area (Å²) in [6.45, 7) is 1.96. The van der Waals surface area contributed by atoms with Gasteiger partial charge in [-0.3, -0.25) is 0 Å². The number of para-hydroxylation sites is 1. The van der Waals surface area contributed by atoms with E-state index in [1.54, 1.807) is 6.07 Å². The monoisotopic (exact) mass is 372 g/mol. The summed E-state index contributed by atoms with van der Waals surface area (Å²) in [6, 6.07) is 10.5. The zero-order valence-electron chi connectivity index (χ0n) is 9.71. The number of ether oxygens (including phenoxy) is 1. The first-order valence-corrected chi connectivity index (χ1v) is 7.30. The number of rotatable bonds is 3. The van der Waals surface area contributed by atoms with Crippen LogP contribution in [0.4, 0.5) is 4.39 Å². The molecule has 0 unspecified atom stereocenters.